The highest BCUT2D eigenvalue weighted by molar-refractivity contribution is 5.81. The number of fused-ring (bicyclic) bond motifs is 1. The minimum Gasteiger partial charge on any atom is -0.464 e. The average molecular weight is 486 g/mol. The lowest BCUT2D eigenvalue weighted by Gasteiger charge is -2.42. The quantitative estimate of drug-likeness (QED) is 0.225. The molecule has 12 nitrogen and oxygen atoms in total. The smallest absolute Gasteiger partial charge is 0.187 e. The van der Waals surface area contributed by atoms with Gasteiger partial charge in [-0.15, -0.1) is 0 Å². The van der Waals surface area contributed by atoms with Crippen LogP contribution in [0.3, 0.4) is 0 Å². The predicted octanol–water partition coefficient (Wildman–Crippen LogP) is -2.12. The fraction of sp³-hybridized carbons (Fsp3) is 0.636. The Bertz CT molecular complexity index is 947. The van der Waals surface area contributed by atoms with Gasteiger partial charge in [0, 0.05) is 10.9 Å². The van der Waals surface area contributed by atoms with Gasteiger partial charge >= 0.3 is 0 Å². The molecule has 0 saturated carbocycles. The second kappa shape index (κ2) is 10.5. The van der Waals surface area contributed by atoms with Crippen LogP contribution in [0.25, 0.3) is 11.0 Å². The van der Waals surface area contributed by atoms with Gasteiger partial charge in [0.25, 0.3) is 0 Å². The van der Waals surface area contributed by atoms with Gasteiger partial charge in [-0.1, -0.05) is 12.1 Å². The molecule has 0 amide bonds. The van der Waals surface area contributed by atoms with Gasteiger partial charge < -0.3 is 59.1 Å². The molecule has 2 fully saturated rings. The maximum Gasteiger partial charge on any atom is 0.187 e. The third kappa shape index (κ3) is 4.98. The molecule has 34 heavy (non-hydrogen) atoms. The zero-order chi connectivity index (χ0) is 24.6. The molecule has 2 saturated heterocycles. The standard InChI is InChI=1S/C22H30O12/c1-9-2-3-11-10(6-30-12(11)4-9)7-31-21-20(29)18(27)16(25)14(34-21)8-32-22-19(28)17(26)15(24)13(5-23)33-22/h2-4,6,13-29H,5,7-8H2,1H3/t13-,14-,15+,16-,17+,18+,19-,20-,21-,22-/m1/s1. The minimum absolute atomic E-state index is 0.0130. The van der Waals surface area contributed by atoms with E-state index < -0.39 is 74.6 Å². The van der Waals surface area contributed by atoms with E-state index in [1.807, 2.05) is 25.1 Å². The number of furan rings is 1. The van der Waals surface area contributed by atoms with Crippen LogP contribution in [0.1, 0.15) is 11.1 Å². The highest BCUT2D eigenvalue weighted by atomic mass is 16.7. The molecular weight excluding hydrogens is 456 g/mol. The summed E-state index contributed by atoms with van der Waals surface area (Å²) in [6.45, 7) is 0.863. The molecule has 12 heteroatoms. The zero-order valence-corrected chi connectivity index (χ0v) is 18.4. The van der Waals surface area contributed by atoms with E-state index >= 15 is 0 Å². The van der Waals surface area contributed by atoms with Crippen LogP contribution >= 0.6 is 0 Å². The van der Waals surface area contributed by atoms with Crippen molar-refractivity contribution < 1.29 is 59.1 Å². The molecule has 2 aromatic rings. The topological polar surface area (TPSA) is 192 Å². The van der Waals surface area contributed by atoms with Crippen molar-refractivity contribution in [3.05, 3.63) is 35.6 Å². The molecule has 0 bridgehead atoms. The second-order valence-corrected chi connectivity index (χ2v) is 8.62. The fourth-order valence-corrected chi connectivity index (χ4v) is 4.06. The number of aliphatic hydroxyl groups excluding tert-OH is 7. The molecule has 0 unspecified atom stereocenters. The summed E-state index contributed by atoms with van der Waals surface area (Å²) in [6.07, 6.45) is -13.2. The van der Waals surface area contributed by atoms with Gasteiger partial charge in [-0.2, -0.15) is 0 Å². The van der Waals surface area contributed by atoms with E-state index in [1.54, 1.807) is 0 Å². The Morgan fingerprint density at radius 3 is 2.09 bits per heavy atom. The van der Waals surface area contributed by atoms with E-state index in [0.717, 1.165) is 10.9 Å². The van der Waals surface area contributed by atoms with Crippen LogP contribution in [0.5, 0.6) is 0 Å². The van der Waals surface area contributed by atoms with E-state index in [2.05, 4.69) is 0 Å². The Labute approximate surface area is 194 Å². The summed E-state index contributed by atoms with van der Waals surface area (Å²) < 4.78 is 27.4. The van der Waals surface area contributed by atoms with Gasteiger partial charge in [0.05, 0.1) is 26.1 Å². The van der Waals surface area contributed by atoms with E-state index in [0.29, 0.717) is 11.1 Å². The summed E-state index contributed by atoms with van der Waals surface area (Å²) in [6, 6.07) is 5.66. The van der Waals surface area contributed by atoms with Gasteiger partial charge in [-0.25, -0.2) is 0 Å². The second-order valence-electron chi connectivity index (χ2n) is 8.62. The van der Waals surface area contributed by atoms with Crippen LogP contribution in [-0.2, 0) is 25.6 Å². The van der Waals surface area contributed by atoms with Crippen molar-refractivity contribution in [2.45, 2.75) is 74.9 Å². The van der Waals surface area contributed by atoms with E-state index in [4.69, 9.17) is 23.4 Å². The molecule has 7 N–H and O–H groups in total. The van der Waals surface area contributed by atoms with Crippen LogP contribution < -0.4 is 0 Å². The first-order valence-electron chi connectivity index (χ1n) is 10.9. The highest BCUT2D eigenvalue weighted by Gasteiger charge is 2.47. The molecule has 1 aromatic heterocycles. The number of hydrogen-bond donors (Lipinski definition) is 7. The third-order valence-corrected chi connectivity index (χ3v) is 6.16. The Morgan fingerprint density at radius 2 is 1.41 bits per heavy atom. The molecule has 1 aromatic carbocycles. The van der Waals surface area contributed by atoms with E-state index in [1.165, 1.54) is 6.26 Å². The number of ether oxygens (including phenoxy) is 4. The largest absolute Gasteiger partial charge is 0.464 e. The summed E-state index contributed by atoms with van der Waals surface area (Å²) in [4.78, 5) is 0. The maximum atomic E-state index is 10.3. The Morgan fingerprint density at radius 1 is 0.794 bits per heavy atom. The molecule has 4 rings (SSSR count). The lowest BCUT2D eigenvalue weighted by Crippen LogP contribution is -2.61. The Hall–Kier alpha value is -1.68. The number of benzene rings is 1. The van der Waals surface area contributed by atoms with Gasteiger partial charge in [0.15, 0.2) is 12.6 Å². The molecule has 0 aliphatic carbocycles. The van der Waals surface area contributed by atoms with Crippen molar-refractivity contribution in [2.24, 2.45) is 0 Å². The van der Waals surface area contributed by atoms with Crippen LogP contribution in [0.2, 0.25) is 0 Å². The normalized spacial score (nSPS) is 38.9. The third-order valence-electron chi connectivity index (χ3n) is 6.16. The van der Waals surface area contributed by atoms with Crippen molar-refractivity contribution in [3.63, 3.8) is 0 Å². The molecule has 2 aliphatic rings. The van der Waals surface area contributed by atoms with Gasteiger partial charge in [0.2, 0.25) is 0 Å². The lowest BCUT2D eigenvalue weighted by atomic mass is 9.98. The van der Waals surface area contributed by atoms with Gasteiger partial charge in [0.1, 0.15) is 54.4 Å². The Kier molecular flexibility index (Phi) is 7.86. The van der Waals surface area contributed by atoms with Gasteiger partial charge in [-0.05, 0) is 18.6 Å². The predicted molar refractivity (Wildman–Crippen MR) is 112 cm³/mol. The molecule has 10 atom stereocenters. The lowest BCUT2D eigenvalue weighted by molar-refractivity contribution is -0.332. The summed E-state index contributed by atoms with van der Waals surface area (Å²) in [5.41, 5.74) is 2.39. The first kappa shape index (κ1) is 25.4. The van der Waals surface area contributed by atoms with Crippen molar-refractivity contribution in [1.82, 2.24) is 0 Å². The van der Waals surface area contributed by atoms with E-state index in [9.17, 15) is 35.7 Å². The minimum atomic E-state index is -1.64. The van der Waals surface area contributed by atoms with Crippen molar-refractivity contribution in [1.29, 1.82) is 0 Å². The molecule has 3 heterocycles. The highest BCUT2D eigenvalue weighted by Crippen LogP contribution is 2.28. The molecule has 0 spiro atoms. The number of aliphatic hydroxyl groups is 7. The number of hydrogen-bond acceptors (Lipinski definition) is 12. The summed E-state index contributed by atoms with van der Waals surface area (Å²) in [7, 11) is 0. The zero-order valence-electron chi connectivity index (χ0n) is 18.4. The van der Waals surface area contributed by atoms with Crippen LogP contribution in [0.15, 0.2) is 28.9 Å². The summed E-state index contributed by atoms with van der Waals surface area (Å²) >= 11 is 0. The number of aryl methyl sites for hydroxylation is 1. The van der Waals surface area contributed by atoms with Crippen LogP contribution in [0, 0.1) is 6.92 Å². The number of rotatable bonds is 7. The molecular formula is C22H30O12. The van der Waals surface area contributed by atoms with Crippen LogP contribution in [0.4, 0.5) is 0 Å². The molecule has 0 radical (unpaired) electrons. The van der Waals surface area contributed by atoms with Gasteiger partial charge in [-0.3, -0.25) is 0 Å². The van der Waals surface area contributed by atoms with E-state index in [-0.39, 0.29) is 6.61 Å². The summed E-state index contributed by atoms with van der Waals surface area (Å²) in [5.74, 6) is 0. The summed E-state index contributed by atoms with van der Waals surface area (Å²) in [5, 5.41) is 70.8. The monoisotopic (exact) mass is 486 g/mol. The first-order chi connectivity index (χ1) is 16.2. The average Bonchev–Trinajstić information content (AvgIpc) is 3.23. The molecule has 190 valence electrons. The molecule has 2 aliphatic heterocycles. The first-order valence-corrected chi connectivity index (χ1v) is 10.9. The van der Waals surface area contributed by atoms with Crippen LogP contribution in [-0.4, -0.2) is 110 Å². The van der Waals surface area contributed by atoms with Crippen molar-refractivity contribution in [2.75, 3.05) is 13.2 Å². The SMILES string of the molecule is Cc1ccc2c(CO[C@@H]3O[C@H](CO[C@@H]4O[C@H](CO)[C@H](O)[C@H](O)[C@H]4O)[C@@H](O)[C@H](O)[C@H]3O)coc2c1. The maximum absolute atomic E-state index is 10.3. The van der Waals surface area contributed by atoms with Crippen molar-refractivity contribution >= 4 is 11.0 Å². The Balaban J connectivity index is 1.38. The van der Waals surface area contributed by atoms with Crippen molar-refractivity contribution in [3.8, 4) is 0 Å². The fourth-order valence-electron chi connectivity index (χ4n) is 4.06.